The van der Waals surface area contributed by atoms with Crippen molar-refractivity contribution in [3.05, 3.63) is 41.0 Å². The first-order valence-corrected chi connectivity index (χ1v) is 7.57. The number of imidazole rings is 1. The van der Waals surface area contributed by atoms with Gasteiger partial charge >= 0.3 is 0 Å². The van der Waals surface area contributed by atoms with Gasteiger partial charge < -0.3 is 15.2 Å². The summed E-state index contributed by atoms with van der Waals surface area (Å²) in [5, 5.41) is 5.84. The predicted octanol–water partition coefficient (Wildman–Crippen LogP) is 2.29. The summed E-state index contributed by atoms with van der Waals surface area (Å²) >= 11 is 3.33. The second kappa shape index (κ2) is 7.78. The maximum atomic E-state index is 12.1. The largest absolute Gasteiger partial charge is 0.372 e. The van der Waals surface area contributed by atoms with Gasteiger partial charge in [0.1, 0.15) is 5.82 Å². The summed E-state index contributed by atoms with van der Waals surface area (Å²) < 4.78 is 2.81. The molecule has 0 radical (unpaired) electrons. The number of amides is 1. The number of hydrogen-bond donors (Lipinski definition) is 2. The Morgan fingerprint density at radius 3 is 3.00 bits per heavy atom. The molecule has 2 N–H and O–H groups in total. The van der Waals surface area contributed by atoms with Crippen LogP contribution in [0.25, 0.3) is 0 Å². The molecule has 6 nitrogen and oxygen atoms in total. The molecule has 112 valence electrons. The van der Waals surface area contributed by atoms with E-state index in [9.17, 15) is 4.79 Å². The van der Waals surface area contributed by atoms with E-state index in [0.717, 1.165) is 23.9 Å². The average molecular weight is 352 g/mol. The fourth-order valence-corrected chi connectivity index (χ4v) is 2.28. The van der Waals surface area contributed by atoms with Gasteiger partial charge in [-0.15, -0.1) is 0 Å². The van der Waals surface area contributed by atoms with E-state index in [2.05, 4.69) is 36.5 Å². The minimum absolute atomic E-state index is 0.115. The third-order valence-electron chi connectivity index (χ3n) is 3.02. The molecular weight excluding hydrogens is 334 g/mol. The summed E-state index contributed by atoms with van der Waals surface area (Å²) in [6, 6.07) is 1.76. The molecule has 2 aromatic rings. The summed E-state index contributed by atoms with van der Waals surface area (Å²) in [5.41, 5.74) is 0.543. The standard InChI is InChI=1S/C14H18BrN5O/c1-16-13-12(8-11(15)9-19-13)14(21)18-4-2-3-6-20-7-5-17-10-20/h5,7-10H,2-4,6H2,1H3,(H,16,19)(H,18,21). The number of nitrogens with zero attached hydrogens (tertiary/aromatic N) is 3. The Balaban J connectivity index is 1.78. The molecule has 0 aliphatic carbocycles. The first kappa shape index (κ1) is 15.5. The van der Waals surface area contributed by atoms with Crippen molar-refractivity contribution in [2.45, 2.75) is 19.4 Å². The molecule has 2 aromatic heterocycles. The summed E-state index contributed by atoms with van der Waals surface area (Å²) in [7, 11) is 1.75. The molecule has 1 amide bonds. The second-order valence-corrected chi connectivity index (χ2v) is 5.48. The molecule has 7 heteroatoms. The van der Waals surface area contributed by atoms with Gasteiger partial charge in [-0.2, -0.15) is 0 Å². The molecule has 0 unspecified atom stereocenters. The van der Waals surface area contributed by atoms with E-state index in [-0.39, 0.29) is 5.91 Å². The van der Waals surface area contributed by atoms with Crippen LogP contribution in [0.1, 0.15) is 23.2 Å². The number of aryl methyl sites for hydroxylation is 1. The van der Waals surface area contributed by atoms with E-state index in [1.54, 1.807) is 31.8 Å². The molecule has 0 aliphatic heterocycles. The zero-order chi connectivity index (χ0) is 15.1. The summed E-state index contributed by atoms with van der Waals surface area (Å²) in [6.07, 6.45) is 9.07. The van der Waals surface area contributed by atoms with Crippen LogP contribution in [0.15, 0.2) is 35.5 Å². The van der Waals surface area contributed by atoms with Crippen molar-refractivity contribution in [1.29, 1.82) is 0 Å². The molecule has 0 saturated heterocycles. The van der Waals surface area contributed by atoms with Crippen molar-refractivity contribution in [3.8, 4) is 0 Å². The zero-order valence-electron chi connectivity index (χ0n) is 11.8. The maximum absolute atomic E-state index is 12.1. The van der Waals surface area contributed by atoms with E-state index in [1.807, 2.05) is 10.8 Å². The number of pyridine rings is 1. The molecule has 0 bridgehead atoms. The Morgan fingerprint density at radius 2 is 2.29 bits per heavy atom. The van der Waals surface area contributed by atoms with Crippen molar-refractivity contribution in [1.82, 2.24) is 19.9 Å². The first-order chi connectivity index (χ1) is 10.2. The maximum Gasteiger partial charge on any atom is 0.255 e. The third-order valence-corrected chi connectivity index (χ3v) is 3.46. The molecule has 0 fully saturated rings. The number of rotatable bonds is 7. The van der Waals surface area contributed by atoms with E-state index in [0.29, 0.717) is 17.9 Å². The molecular formula is C14H18BrN5O. The van der Waals surface area contributed by atoms with Crippen LogP contribution in [-0.2, 0) is 6.54 Å². The summed E-state index contributed by atoms with van der Waals surface area (Å²) in [4.78, 5) is 20.3. The van der Waals surface area contributed by atoms with Crippen LogP contribution in [-0.4, -0.2) is 34.0 Å². The van der Waals surface area contributed by atoms with Crippen LogP contribution in [0.3, 0.4) is 0 Å². The van der Waals surface area contributed by atoms with Gasteiger partial charge in [-0.3, -0.25) is 4.79 Å². The fourth-order valence-electron chi connectivity index (χ4n) is 1.95. The Labute approximate surface area is 132 Å². The second-order valence-electron chi connectivity index (χ2n) is 4.56. The number of carbonyl (C=O) groups is 1. The highest BCUT2D eigenvalue weighted by molar-refractivity contribution is 9.10. The SMILES string of the molecule is CNc1ncc(Br)cc1C(=O)NCCCCn1ccnc1. The Kier molecular flexibility index (Phi) is 5.74. The highest BCUT2D eigenvalue weighted by Gasteiger charge is 2.11. The van der Waals surface area contributed by atoms with Gasteiger partial charge in [0, 0.05) is 43.2 Å². The summed E-state index contributed by atoms with van der Waals surface area (Å²) in [6.45, 7) is 1.55. The molecule has 0 atom stereocenters. The number of halogens is 1. The van der Waals surface area contributed by atoms with Crippen LogP contribution in [0.5, 0.6) is 0 Å². The molecule has 2 rings (SSSR count). The lowest BCUT2D eigenvalue weighted by atomic mass is 10.2. The van der Waals surface area contributed by atoms with Gasteiger partial charge in [-0.25, -0.2) is 9.97 Å². The lowest BCUT2D eigenvalue weighted by Gasteiger charge is -2.09. The molecule has 0 saturated carbocycles. The van der Waals surface area contributed by atoms with E-state index in [1.165, 1.54) is 0 Å². The van der Waals surface area contributed by atoms with Gasteiger partial charge in [-0.1, -0.05) is 0 Å². The number of hydrogen-bond acceptors (Lipinski definition) is 4. The minimum Gasteiger partial charge on any atom is -0.372 e. The lowest BCUT2D eigenvalue weighted by molar-refractivity contribution is 0.0953. The van der Waals surface area contributed by atoms with Crippen molar-refractivity contribution in [2.24, 2.45) is 0 Å². The third kappa shape index (κ3) is 4.56. The van der Waals surface area contributed by atoms with Gasteiger partial charge in [0.25, 0.3) is 5.91 Å². The Bertz CT molecular complexity index is 585. The van der Waals surface area contributed by atoms with Gasteiger partial charge in [0.15, 0.2) is 0 Å². The quantitative estimate of drug-likeness (QED) is 0.750. The van der Waals surface area contributed by atoms with E-state index in [4.69, 9.17) is 0 Å². The van der Waals surface area contributed by atoms with Crippen LogP contribution >= 0.6 is 15.9 Å². The molecule has 0 spiro atoms. The van der Waals surface area contributed by atoms with Gasteiger partial charge in [-0.05, 0) is 34.8 Å². The number of aromatic nitrogens is 3. The molecule has 2 heterocycles. The van der Waals surface area contributed by atoms with Crippen LogP contribution < -0.4 is 10.6 Å². The van der Waals surface area contributed by atoms with Crippen LogP contribution in [0.4, 0.5) is 5.82 Å². The normalized spacial score (nSPS) is 10.4. The summed E-state index contributed by atoms with van der Waals surface area (Å²) in [5.74, 6) is 0.463. The molecule has 21 heavy (non-hydrogen) atoms. The lowest BCUT2D eigenvalue weighted by Crippen LogP contribution is -2.25. The van der Waals surface area contributed by atoms with Gasteiger partial charge in [0.2, 0.25) is 0 Å². The van der Waals surface area contributed by atoms with E-state index >= 15 is 0 Å². The highest BCUT2D eigenvalue weighted by Crippen LogP contribution is 2.17. The first-order valence-electron chi connectivity index (χ1n) is 6.78. The molecule has 0 aliphatic rings. The fraction of sp³-hybridized carbons (Fsp3) is 0.357. The number of carbonyl (C=O) groups excluding carboxylic acids is 1. The van der Waals surface area contributed by atoms with Crippen LogP contribution in [0.2, 0.25) is 0 Å². The van der Waals surface area contributed by atoms with Crippen LogP contribution in [0, 0.1) is 0 Å². The number of unbranched alkanes of at least 4 members (excludes halogenated alkanes) is 1. The predicted molar refractivity (Wildman–Crippen MR) is 85.3 cm³/mol. The van der Waals surface area contributed by atoms with Crippen molar-refractivity contribution >= 4 is 27.7 Å². The zero-order valence-corrected chi connectivity index (χ0v) is 13.4. The Morgan fingerprint density at radius 1 is 1.43 bits per heavy atom. The van der Waals surface area contributed by atoms with Crippen molar-refractivity contribution in [2.75, 3.05) is 18.9 Å². The topological polar surface area (TPSA) is 71.8 Å². The number of nitrogens with one attached hydrogen (secondary N) is 2. The van der Waals surface area contributed by atoms with Gasteiger partial charge in [0.05, 0.1) is 11.9 Å². The molecule has 0 aromatic carbocycles. The monoisotopic (exact) mass is 351 g/mol. The number of anilines is 1. The minimum atomic E-state index is -0.115. The smallest absolute Gasteiger partial charge is 0.255 e. The average Bonchev–Trinajstić information content (AvgIpc) is 3.00. The van der Waals surface area contributed by atoms with E-state index < -0.39 is 0 Å². The Hall–Kier alpha value is -1.89. The van der Waals surface area contributed by atoms with Crippen molar-refractivity contribution in [3.63, 3.8) is 0 Å². The highest BCUT2D eigenvalue weighted by atomic mass is 79.9. The van der Waals surface area contributed by atoms with Crippen molar-refractivity contribution < 1.29 is 4.79 Å².